The molecule has 0 bridgehead atoms. The highest BCUT2D eigenvalue weighted by Crippen LogP contribution is 2.44. The van der Waals surface area contributed by atoms with Crippen molar-refractivity contribution in [3.8, 4) is 0 Å². The van der Waals surface area contributed by atoms with Crippen LogP contribution >= 0.6 is 11.6 Å². The second-order valence-electron chi connectivity index (χ2n) is 14.2. The lowest BCUT2D eigenvalue weighted by atomic mass is 9.72. The van der Waals surface area contributed by atoms with Gasteiger partial charge in [0.25, 0.3) is 11.8 Å². The van der Waals surface area contributed by atoms with Crippen LogP contribution < -0.4 is 5.32 Å². The molecule has 0 spiro atoms. The molecule has 0 saturated carbocycles. The van der Waals surface area contributed by atoms with Crippen molar-refractivity contribution in [3.05, 3.63) is 75.3 Å². The van der Waals surface area contributed by atoms with Crippen molar-refractivity contribution >= 4 is 40.8 Å². The molecule has 2 aromatic rings. The molecule has 1 aliphatic carbocycles. The van der Waals surface area contributed by atoms with Crippen molar-refractivity contribution in [1.82, 2.24) is 20.0 Å². The third-order valence-corrected chi connectivity index (χ3v) is 10.1. The predicted molar refractivity (Wildman–Crippen MR) is 170 cm³/mol. The summed E-state index contributed by atoms with van der Waals surface area (Å²) in [6.45, 7) is 12.2. The van der Waals surface area contributed by atoms with E-state index in [0.29, 0.717) is 30.6 Å². The number of fused-ring (bicyclic) bond motifs is 1. The van der Waals surface area contributed by atoms with Gasteiger partial charge in [-0.3, -0.25) is 29.4 Å². The molecule has 6 rings (SSSR count). The molecule has 9 heteroatoms. The number of piperidine rings is 1. The van der Waals surface area contributed by atoms with E-state index in [4.69, 9.17) is 11.6 Å². The van der Waals surface area contributed by atoms with Crippen LogP contribution in [-0.4, -0.2) is 76.1 Å². The van der Waals surface area contributed by atoms with Gasteiger partial charge in [0.2, 0.25) is 11.8 Å². The van der Waals surface area contributed by atoms with E-state index in [9.17, 15) is 19.2 Å². The number of hydrogen-bond donors (Lipinski definition) is 1. The maximum absolute atomic E-state index is 13.8. The Morgan fingerprint density at radius 3 is 2.45 bits per heavy atom. The van der Waals surface area contributed by atoms with Gasteiger partial charge in [-0.25, -0.2) is 0 Å². The Bertz CT molecular complexity index is 1560. The first kappa shape index (κ1) is 30.5. The number of nitrogens with one attached hydrogen (secondary N) is 1. The fourth-order valence-electron chi connectivity index (χ4n) is 7.24. The van der Waals surface area contributed by atoms with Crippen molar-refractivity contribution in [1.29, 1.82) is 0 Å². The van der Waals surface area contributed by atoms with Crippen molar-refractivity contribution in [2.45, 2.75) is 77.9 Å². The molecule has 0 radical (unpaired) electrons. The molecule has 4 aliphatic rings. The molecule has 232 valence electrons. The van der Waals surface area contributed by atoms with Crippen LogP contribution in [-0.2, 0) is 16.1 Å². The Balaban J connectivity index is 1.15. The third-order valence-electron chi connectivity index (χ3n) is 9.89. The Hall–Kier alpha value is -3.49. The zero-order valence-corrected chi connectivity index (χ0v) is 26.8. The summed E-state index contributed by atoms with van der Waals surface area (Å²) in [7, 11) is 0. The number of imide groups is 1. The van der Waals surface area contributed by atoms with Gasteiger partial charge in [-0.15, -0.1) is 0 Å². The topological polar surface area (TPSA) is 90.0 Å². The molecule has 8 nitrogen and oxygen atoms in total. The number of benzene rings is 2. The Labute approximate surface area is 264 Å². The van der Waals surface area contributed by atoms with E-state index >= 15 is 0 Å². The quantitative estimate of drug-likeness (QED) is 0.461. The van der Waals surface area contributed by atoms with Gasteiger partial charge >= 0.3 is 0 Å². The van der Waals surface area contributed by atoms with Crippen LogP contribution in [0.2, 0.25) is 5.02 Å². The van der Waals surface area contributed by atoms with Crippen LogP contribution in [0.4, 0.5) is 0 Å². The van der Waals surface area contributed by atoms with E-state index in [2.05, 4.69) is 50.0 Å². The van der Waals surface area contributed by atoms with E-state index in [-0.39, 0.29) is 41.6 Å². The molecule has 2 aromatic carbocycles. The van der Waals surface area contributed by atoms with E-state index in [0.717, 1.165) is 42.9 Å². The fraction of sp³-hybridized carbons (Fsp3) is 0.486. The number of halogens is 1. The van der Waals surface area contributed by atoms with E-state index in [1.807, 2.05) is 17.0 Å². The van der Waals surface area contributed by atoms with Crippen LogP contribution in [0.1, 0.15) is 91.6 Å². The number of carbonyl (C=O) groups is 4. The van der Waals surface area contributed by atoms with Crippen LogP contribution in [0.3, 0.4) is 0 Å². The van der Waals surface area contributed by atoms with E-state index in [1.165, 1.54) is 21.6 Å². The SMILES string of the molecule is CC1(C)CCC(CN2CCN(C(=O)c3ccc4c(c3)CN(C3CCC(=O)NC3=O)C4=O)CC2(C)C)=C(c2ccc(Cl)cc2)C1. The molecule has 44 heavy (non-hydrogen) atoms. The average Bonchev–Trinajstić information content (AvgIpc) is 3.29. The maximum Gasteiger partial charge on any atom is 0.255 e. The van der Waals surface area contributed by atoms with Crippen molar-refractivity contribution in [2.75, 3.05) is 26.2 Å². The molecule has 3 heterocycles. The highest BCUT2D eigenvalue weighted by Gasteiger charge is 2.41. The summed E-state index contributed by atoms with van der Waals surface area (Å²) in [6.07, 6.45) is 3.76. The van der Waals surface area contributed by atoms with Crippen molar-refractivity contribution in [2.24, 2.45) is 5.41 Å². The summed E-state index contributed by atoms with van der Waals surface area (Å²) >= 11 is 6.20. The number of nitrogens with zero attached hydrogens (tertiary/aromatic N) is 3. The maximum atomic E-state index is 13.8. The van der Waals surface area contributed by atoms with Crippen LogP contribution in [0.5, 0.6) is 0 Å². The van der Waals surface area contributed by atoms with Gasteiger partial charge < -0.3 is 9.80 Å². The van der Waals surface area contributed by atoms with Crippen molar-refractivity contribution in [3.63, 3.8) is 0 Å². The van der Waals surface area contributed by atoms with E-state index < -0.39 is 11.9 Å². The van der Waals surface area contributed by atoms with Gasteiger partial charge in [0.1, 0.15) is 6.04 Å². The number of allylic oxidation sites excluding steroid dienone is 1. The summed E-state index contributed by atoms with van der Waals surface area (Å²) in [4.78, 5) is 56.8. The molecule has 1 unspecified atom stereocenters. The van der Waals surface area contributed by atoms with Gasteiger partial charge in [0.15, 0.2) is 0 Å². The molecule has 4 amide bonds. The summed E-state index contributed by atoms with van der Waals surface area (Å²) in [5.41, 5.74) is 5.97. The molecular weight excluding hydrogens is 576 g/mol. The minimum atomic E-state index is -0.675. The number of amides is 4. The van der Waals surface area contributed by atoms with Gasteiger partial charge in [0.05, 0.1) is 0 Å². The van der Waals surface area contributed by atoms with Gasteiger partial charge in [0, 0.05) is 60.8 Å². The van der Waals surface area contributed by atoms with Crippen molar-refractivity contribution < 1.29 is 19.2 Å². The zero-order valence-electron chi connectivity index (χ0n) is 26.0. The molecule has 1 N–H and O–H groups in total. The minimum Gasteiger partial charge on any atom is -0.336 e. The number of hydrogen-bond acceptors (Lipinski definition) is 5. The molecular formula is C35H41ClN4O4. The first-order valence-electron chi connectivity index (χ1n) is 15.6. The number of carbonyl (C=O) groups excluding carboxylic acids is 4. The first-order valence-corrected chi connectivity index (χ1v) is 16.0. The third kappa shape index (κ3) is 5.94. The smallest absolute Gasteiger partial charge is 0.255 e. The summed E-state index contributed by atoms with van der Waals surface area (Å²) in [5.74, 6) is -1.03. The van der Waals surface area contributed by atoms with Crippen LogP contribution in [0, 0.1) is 5.41 Å². The molecule has 2 saturated heterocycles. The Morgan fingerprint density at radius 1 is 1.00 bits per heavy atom. The molecule has 1 atom stereocenters. The highest BCUT2D eigenvalue weighted by atomic mass is 35.5. The standard InChI is InChI=1S/C35H41ClN4O4/c1-34(2)14-13-24(28(18-34)22-5-8-26(36)9-6-22)19-39-16-15-38(21-35(39,3)4)32(43)23-7-10-27-25(17-23)20-40(33(27)44)29-11-12-30(41)37-31(29)42/h5-10,17,29H,11-16,18-21H2,1-4H3,(H,37,41,42). The predicted octanol–water partition coefficient (Wildman–Crippen LogP) is 5.30. The Kier molecular flexibility index (Phi) is 7.95. The summed E-state index contributed by atoms with van der Waals surface area (Å²) in [5, 5.41) is 3.08. The van der Waals surface area contributed by atoms with Gasteiger partial charge in [-0.1, -0.05) is 43.2 Å². The number of rotatable bonds is 5. The monoisotopic (exact) mass is 616 g/mol. The zero-order chi connectivity index (χ0) is 31.4. The second kappa shape index (κ2) is 11.5. The Morgan fingerprint density at radius 2 is 1.75 bits per heavy atom. The fourth-order valence-corrected chi connectivity index (χ4v) is 7.37. The molecule has 0 aromatic heterocycles. The second-order valence-corrected chi connectivity index (χ2v) is 14.6. The first-order chi connectivity index (χ1) is 20.8. The highest BCUT2D eigenvalue weighted by molar-refractivity contribution is 6.30. The lowest BCUT2D eigenvalue weighted by Crippen LogP contribution is -2.60. The number of piperazine rings is 1. The lowest BCUT2D eigenvalue weighted by molar-refractivity contribution is -0.136. The van der Waals surface area contributed by atoms with E-state index in [1.54, 1.807) is 18.2 Å². The average molecular weight is 617 g/mol. The van der Waals surface area contributed by atoms with Crippen LogP contribution in [0.15, 0.2) is 48.0 Å². The lowest BCUT2D eigenvalue weighted by Gasteiger charge is -2.48. The normalized spacial score (nSPS) is 23.6. The molecule has 2 fully saturated rings. The van der Waals surface area contributed by atoms with Gasteiger partial charge in [-0.2, -0.15) is 0 Å². The van der Waals surface area contributed by atoms with Crippen LogP contribution in [0.25, 0.3) is 5.57 Å². The van der Waals surface area contributed by atoms with Gasteiger partial charge in [-0.05, 0) is 92.0 Å². The largest absolute Gasteiger partial charge is 0.336 e. The summed E-state index contributed by atoms with van der Waals surface area (Å²) < 4.78 is 0. The minimum absolute atomic E-state index is 0.0482. The molecule has 3 aliphatic heterocycles. The summed E-state index contributed by atoms with van der Waals surface area (Å²) in [6, 6.07) is 12.8.